The fraction of sp³-hybridized carbons (Fsp3) is 0.857. The van der Waals surface area contributed by atoms with E-state index in [1.54, 1.807) is 0 Å². The molecule has 0 bridgehead atoms. The van der Waals surface area contributed by atoms with E-state index in [9.17, 15) is 0 Å². The van der Waals surface area contributed by atoms with Crippen LogP contribution in [0.15, 0.2) is 12.3 Å². The molecule has 0 saturated carbocycles. The van der Waals surface area contributed by atoms with Gasteiger partial charge in [-0.05, 0) is 38.3 Å². The summed E-state index contributed by atoms with van der Waals surface area (Å²) in [4.78, 5) is 0. The second-order valence-corrected chi connectivity index (χ2v) is 5.44. The van der Waals surface area contributed by atoms with Gasteiger partial charge in [0.2, 0.25) is 0 Å². The van der Waals surface area contributed by atoms with E-state index in [4.69, 9.17) is 15.2 Å². The van der Waals surface area contributed by atoms with E-state index in [2.05, 4.69) is 25.7 Å². The summed E-state index contributed by atoms with van der Waals surface area (Å²) >= 11 is 0. The quantitative estimate of drug-likeness (QED) is 0.525. The summed E-state index contributed by atoms with van der Waals surface area (Å²) in [5.41, 5.74) is 6.30. The molecule has 4 nitrogen and oxygen atoms in total. The number of hydrogen-bond donors (Lipinski definition) is 2. The zero-order valence-corrected chi connectivity index (χ0v) is 12.3. The van der Waals surface area contributed by atoms with Gasteiger partial charge in [0.25, 0.3) is 0 Å². The maximum absolute atomic E-state index is 5.60. The van der Waals surface area contributed by atoms with Gasteiger partial charge in [-0.1, -0.05) is 20.4 Å². The Hall–Kier alpha value is -0.580. The molecule has 0 aliphatic rings. The molecule has 0 heterocycles. The Morgan fingerprint density at radius 2 is 1.83 bits per heavy atom. The first-order valence-corrected chi connectivity index (χ1v) is 6.71. The number of nitrogens with two attached hydrogens (primary N) is 1. The van der Waals surface area contributed by atoms with Crippen molar-refractivity contribution in [1.29, 1.82) is 0 Å². The molecule has 0 fully saturated rings. The van der Waals surface area contributed by atoms with E-state index < -0.39 is 0 Å². The summed E-state index contributed by atoms with van der Waals surface area (Å²) in [7, 11) is 1.99. The van der Waals surface area contributed by atoms with Crippen molar-refractivity contribution in [2.75, 3.05) is 40.0 Å². The molecule has 0 saturated heterocycles. The molecule has 0 radical (unpaired) electrons. The van der Waals surface area contributed by atoms with Gasteiger partial charge < -0.3 is 20.5 Å². The Labute approximate surface area is 112 Å². The van der Waals surface area contributed by atoms with Crippen LogP contribution in [0.5, 0.6) is 0 Å². The van der Waals surface area contributed by atoms with Crippen LogP contribution < -0.4 is 11.1 Å². The smallest absolute Gasteiger partial charge is 0.0854 e. The van der Waals surface area contributed by atoms with Gasteiger partial charge in [0.15, 0.2) is 0 Å². The second-order valence-electron chi connectivity index (χ2n) is 5.44. The summed E-state index contributed by atoms with van der Waals surface area (Å²) in [6.45, 7) is 11.9. The standard InChI is InChI=1S/C14H30N2O2/c1-13(15)12-18-10-5-9-17-11-7-14(2,3)6-8-16-4/h16H,1,5-12,15H2,2-4H3. The predicted molar refractivity (Wildman–Crippen MR) is 76.5 cm³/mol. The SMILES string of the molecule is C=C(N)COCCCOCCC(C)(C)CCNC. The third-order valence-corrected chi connectivity index (χ3v) is 2.84. The lowest BCUT2D eigenvalue weighted by Crippen LogP contribution is -2.21. The molecule has 0 aliphatic heterocycles. The van der Waals surface area contributed by atoms with Crippen LogP contribution in [0.25, 0.3) is 0 Å². The predicted octanol–water partition coefficient (Wildman–Crippen LogP) is 1.91. The number of rotatable bonds is 12. The summed E-state index contributed by atoms with van der Waals surface area (Å²) in [5.74, 6) is 0. The number of hydrogen-bond acceptors (Lipinski definition) is 4. The molecule has 0 atom stereocenters. The minimum Gasteiger partial charge on any atom is -0.401 e. The molecule has 0 unspecified atom stereocenters. The topological polar surface area (TPSA) is 56.5 Å². The van der Waals surface area contributed by atoms with Crippen molar-refractivity contribution in [2.24, 2.45) is 11.1 Å². The monoisotopic (exact) mass is 258 g/mol. The Morgan fingerprint density at radius 3 is 2.44 bits per heavy atom. The highest BCUT2D eigenvalue weighted by Gasteiger charge is 2.16. The van der Waals surface area contributed by atoms with E-state index >= 15 is 0 Å². The van der Waals surface area contributed by atoms with Crippen molar-refractivity contribution < 1.29 is 9.47 Å². The van der Waals surface area contributed by atoms with Crippen molar-refractivity contribution in [1.82, 2.24) is 5.32 Å². The minimum absolute atomic E-state index is 0.344. The van der Waals surface area contributed by atoms with Crippen LogP contribution in [0.2, 0.25) is 0 Å². The average Bonchev–Trinajstić information content (AvgIpc) is 2.29. The molecule has 108 valence electrons. The Balaban J connectivity index is 3.31. The summed E-state index contributed by atoms with van der Waals surface area (Å²) < 4.78 is 10.9. The van der Waals surface area contributed by atoms with Gasteiger partial charge in [-0.15, -0.1) is 0 Å². The van der Waals surface area contributed by atoms with Crippen molar-refractivity contribution in [3.8, 4) is 0 Å². The molecule has 0 spiro atoms. The van der Waals surface area contributed by atoms with Gasteiger partial charge in [-0.25, -0.2) is 0 Å². The first-order valence-electron chi connectivity index (χ1n) is 6.71. The summed E-state index contributed by atoms with van der Waals surface area (Å²) in [5, 5.41) is 3.18. The Bertz CT molecular complexity index is 218. The zero-order chi connectivity index (χ0) is 13.9. The van der Waals surface area contributed by atoms with Gasteiger partial charge in [0, 0.05) is 25.5 Å². The van der Waals surface area contributed by atoms with Crippen LogP contribution >= 0.6 is 0 Å². The fourth-order valence-corrected chi connectivity index (χ4v) is 1.51. The van der Waals surface area contributed by atoms with Gasteiger partial charge in [0.1, 0.15) is 0 Å². The van der Waals surface area contributed by atoms with Crippen LogP contribution in [-0.2, 0) is 9.47 Å². The summed E-state index contributed by atoms with van der Waals surface area (Å²) in [6, 6.07) is 0. The van der Waals surface area contributed by atoms with E-state index in [1.165, 1.54) is 6.42 Å². The highest BCUT2D eigenvalue weighted by molar-refractivity contribution is 4.84. The van der Waals surface area contributed by atoms with Gasteiger partial charge in [-0.3, -0.25) is 0 Å². The molecule has 3 N–H and O–H groups in total. The lowest BCUT2D eigenvalue weighted by molar-refractivity contribution is 0.0741. The van der Waals surface area contributed by atoms with Crippen LogP contribution in [0.3, 0.4) is 0 Å². The van der Waals surface area contributed by atoms with E-state index in [0.717, 1.165) is 32.6 Å². The van der Waals surface area contributed by atoms with Crippen molar-refractivity contribution in [2.45, 2.75) is 33.1 Å². The third kappa shape index (κ3) is 11.9. The number of nitrogens with one attached hydrogen (secondary N) is 1. The minimum atomic E-state index is 0.344. The van der Waals surface area contributed by atoms with Crippen LogP contribution in [-0.4, -0.2) is 40.0 Å². The molecule has 0 aromatic heterocycles. The molecule has 0 rings (SSSR count). The van der Waals surface area contributed by atoms with Crippen LogP contribution in [0.1, 0.15) is 33.1 Å². The largest absolute Gasteiger partial charge is 0.401 e. The molecular formula is C14H30N2O2. The maximum atomic E-state index is 5.60. The lowest BCUT2D eigenvalue weighted by atomic mass is 9.86. The van der Waals surface area contributed by atoms with E-state index in [0.29, 0.717) is 24.3 Å². The first kappa shape index (κ1) is 17.4. The summed E-state index contributed by atoms with van der Waals surface area (Å²) in [6.07, 6.45) is 3.17. The highest BCUT2D eigenvalue weighted by Crippen LogP contribution is 2.24. The molecule has 18 heavy (non-hydrogen) atoms. The van der Waals surface area contributed by atoms with Gasteiger partial charge >= 0.3 is 0 Å². The maximum Gasteiger partial charge on any atom is 0.0854 e. The fourth-order valence-electron chi connectivity index (χ4n) is 1.51. The normalized spacial score (nSPS) is 11.7. The Kier molecular flexibility index (Phi) is 10.0. The van der Waals surface area contributed by atoms with Gasteiger partial charge in [-0.2, -0.15) is 0 Å². The van der Waals surface area contributed by atoms with Crippen molar-refractivity contribution in [3.05, 3.63) is 12.3 Å². The van der Waals surface area contributed by atoms with Crippen LogP contribution in [0.4, 0.5) is 0 Å². The number of ether oxygens (including phenoxy) is 2. The van der Waals surface area contributed by atoms with E-state index in [-0.39, 0.29) is 0 Å². The first-order chi connectivity index (χ1) is 8.48. The van der Waals surface area contributed by atoms with Crippen LogP contribution in [0, 0.1) is 5.41 Å². The molecular weight excluding hydrogens is 228 g/mol. The molecule has 4 heteroatoms. The van der Waals surface area contributed by atoms with E-state index in [1.807, 2.05) is 7.05 Å². The molecule has 0 aromatic rings. The van der Waals surface area contributed by atoms with Crippen molar-refractivity contribution >= 4 is 0 Å². The molecule has 0 aliphatic carbocycles. The second kappa shape index (κ2) is 10.4. The molecule has 0 aromatic carbocycles. The molecule has 0 amide bonds. The van der Waals surface area contributed by atoms with Gasteiger partial charge in [0.05, 0.1) is 6.61 Å². The van der Waals surface area contributed by atoms with Crippen molar-refractivity contribution in [3.63, 3.8) is 0 Å². The third-order valence-electron chi connectivity index (χ3n) is 2.84. The zero-order valence-electron chi connectivity index (χ0n) is 12.3. The lowest BCUT2D eigenvalue weighted by Gasteiger charge is -2.24. The highest BCUT2D eigenvalue weighted by atomic mass is 16.5. The average molecular weight is 258 g/mol. The Morgan fingerprint density at radius 1 is 1.17 bits per heavy atom.